The van der Waals surface area contributed by atoms with Gasteiger partial charge in [0.15, 0.2) is 0 Å². The summed E-state index contributed by atoms with van der Waals surface area (Å²) in [6, 6.07) is 19.9. The molecular weight excluding hydrogens is 430 g/mol. The Labute approximate surface area is 186 Å². The summed E-state index contributed by atoms with van der Waals surface area (Å²) < 4.78 is 43.5. The third-order valence-electron chi connectivity index (χ3n) is 5.64. The lowest BCUT2D eigenvalue weighted by molar-refractivity contribution is -0.256. The zero-order chi connectivity index (χ0) is 22.3. The molecule has 0 bridgehead atoms. The van der Waals surface area contributed by atoms with E-state index in [1.807, 2.05) is 30.3 Å². The Balaban J connectivity index is 1.65. The van der Waals surface area contributed by atoms with Gasteiger partial charge in [-0.25, -0.2) is 8.42 Å². The molecule has 1 saturated heterocycles. The molecule has 2 aliphatic rings. The molecule has 164 valence electrons. The minimum Gasteiger partial charge on any atom is -0.497 e. The monoisotopic (exact) mass is 451 g/mol. The Hall–Kier alpha value is -3.20. The molecular formula is C24H21NO6S. The number of carbonyl (C=O) groups excluding carboxylic acids is 1. The molecule has 0 aliphatic carbocycles. The summed E-state index contributed by atoms with van der Waals surface area (Å²) in [5, 5.41) is 0. The van der Waals surface area contributed by atoms with Crippen LogP contribution in [0.4, 0.5) is 11.4 Å². The average molecular weight is 452 g/mol. The maximum absolute atomic E-state index is 13.6. The molecule has 0 atom stereocenters. The maximum Gasteiger partial charge on any atom is 0.297 e. The molecule has 2 aliphatic heterocycles. The van der Waals surface area contributed by atoms with Crippen LogP contribution in [0.2, 0.25) is 0 Å². The topological polar surface area (TPSA) is 82.1 Å². The lowest BCUT2D eigenvalue weighted by atomic mass is 10.1. The van der Waals surface area contributed by atoms with E-state index >= 15 is 0 Å². The van der Waals surface area contributed by atoms with Gasteiger partial charge in [0, 0.05) is 11.3 Å². The summed E-state index contributed by atoms with van der Waals surface area (Å²) in [5.74, 6) is -1.49. The fraction of sp³-hybridized carbons (Fsp3) is 0.208. The van der Waals surface area contributed by atoms with Gasteiger partial charge in [-0.1, -0.05) is 18.2 Å². The van der Waals surface area contributed by atoms with Gasteiger partial charge in [0.1, 0.15) is 5.75 Å². The number of sulfone groups is 1. The van der Waals surface area contributed by atoms with Gasteiger partial charge in [0.05, 0.1) is 35.8 Å². The zero-order valence-electron chi connectivity index (χ0n) is 17.4. The largest absolute Gasteiger partial charge is 0.497 e. The summed E-state index contributed by atoms with van der Waals surface area (Å²) >= 11 is 0. The van der Waals surface area contributed by atoms with Crippen molar-refractivity contribution in [2.45, 2.75) is 22.0 Å². The van der Waals surface area contributed by atoms with E-state index in [9.17, 15) is 13.2 Å². The number of rotatable bonds is 4. The van der Waals surface area contributed by atoms with Crippen molar-refractivity contribution in [1.29, 1.82) is 0 Å². The molecule has 0 N–H and O–H groups in total. The van der Waals surface area contributed by atoms with E-state index in [1.165, 1.54) is 36.3 Å². The van der Waals surface area contributed by atoms with E-state index in [4.69, 9.17) is 14.2 Å². The van der Waals surface area contributed by atoms with Gasteiger partial charge in [-0.05, 0) is 61.0 Å². The van der Waals surface area contributed by atoms with Crippen LogP contribution < -0.4 is 9.64 Å². The number of para-hydroxylation sites is 1. The van der Waals surface area contributed by atoms with Gasteiger partial charge in [-0.3, -0.25) is 9.69 Å². The van der Waals surface area contributed by atoms with Gasteiger partial charge in [0.2, 0.25) is 9.84 Å². The summed E-state index contributed by atoms with van der Waals surface area (Å²) in [7, 11) is -2.32. The predicted molar refractivity (Wildman–Crippen MR) is 117 cm³/mol. The minimum atomic E-state index is -3.84. The second kappa shape index (κ2) is 7.74. The number of carbonyl (C=O) groups is 1. The van der Waals surface area contributed by atoms with E-state index in [-0.39, 0.29) is 9.79 Å². The van der Waals surface area contributed by atoms with Crippen molar-refractivity contribution in [1.82, 2.24) is 0 Å². The first kappa shape index (κ1) is 20.7. The number of amides is 1. The normalized spacial score (nSPS) is 17.4. The highest BCUT2D eigenvalue weighted by atomic mass is 32.2. The van der Waals surface area contributed by atoms with Crippen molar-refractivity contribution in [3.63, 3.8) is 0 Å². The number of hydrogen-bond acceptors (Lipinski definition) is 6. The molecule has 1 fully saturated rings. The van der Waals surface area contributed by atoms with Gasteiger partial charge < -0.3 is 14.2 Å². The Kier molecular flexibility index (Phi) is 5.00. The summed E-state index contributed by atoms with van der Waals surface area (Å²) in [4.78, 5) is 15.3. The standard InChI is InChI=1S/C24H21NO6S/c1-29-18-8-10-19(11-9-18)32(27,28)20-12-13-22-21(16-20)24(30-14-5-15-31-24)23(26)25(22)17-6-3-2-4-7-17/h2-4,6-13,16H,5,14-15H2,1H3. The number of hydrogen-bond donors (Lipinski definition) is 0. The molecule has 32 heavy (non-hydrogen) atoms. The molecule has 0 unspecified atom stereocenters. The average Bonchev–Trinajstić information content (AvgIpc) is 3.07. The van der Waals surface area contributed by atoms with Gasteiger partial charge >= 0.3 is 0 Å². The number of fused-ring (bicyclic) bond motifs is 2. The fourth-order valence-electron chi connectivity index (χ4n) is 4.05. The van der Waals surface area contributed by atoms with Crippen molar-refractivity contribution in [3.8, 4) is 5.75 Å². The Morgan fingerprint density at radius 2 is 1.56 bits per heavy atom. The molecule has 8 heteroatoms. The lowest BCUT2D eigenvalue weighted by Gasteiger charge is -2.32. The third kappa shape index (κ3) is 3.10. The van der Waals surface area contributed by atoms with Crippen molar-refractivity contribution in [3.05, 3.63) is 78.4 Å². The molecule has 2 heterocycles. The molecule has 7 nitrogen and oxygen atoms in total. The maximum atomic E-state index is 13.6. The second-order valence-corrected chi connectivity index (χ2v) is 9.45. The highest BCUT2D eigenvalue weighted by Crippen LogP contribution is 2.49. The molecule has 0 aromatic heterocycles. The third-order valence-corrected chi connectivity index (χ3v) is 7.41. The molecule has 3 aromatic carbocycles. The molecule has 0 saturated carbocycles. The summed E-state index contributed by atoms with van der Waals surface area (Å²) in [6.07, 6.45) is 0.652. The van der Waals surface area contributed by atoms with Crippen molar-refractivity contribution in [2.24, 2.45) is 0 Å². The Morgan fingerprint density at radius 1 is 0.906 bits per heavy atom. The first-order valence-electron chi connectivity index (χ1n) is 10.2. The number of ether oxygens (including phenoxy) is 3. The fourth-order valence-corrected chi connectivity index (χ4v) is 5.34. The van der Waals surface area contributed by atoms with Crippen LogP contribution in [0, 0.1) is 0 Å². The number of methoxy groups -OCH3 is 1. The van der Waals surface area contributed by atoms with Gasteiger partial charge in [-0.15, -0.1) is 0 Å². The Bertz CT molecular complexity index is 1270. The van der Waals surface area contributed by atoms with Crippen LogP contribution in [0.15, 0.2) is 82.6 Å². The van der Waals surface area contributed by atoms with Crippen LogP contribution in [0.5, 0.6) is 5.75 Å². The van der Waals surface area contributed by atoms with E-state index in [0.717, 1.165) is 0 Å². The number of anilines is 2. The van der Waals surface area contributed by atoms with Crippen LogP contribution in [-0.2, 0) is 29.9 Å². The highest BCUT2D eigenvalue weighted by molar-refractivity contribution is 7.91. The van der Waals surface area contributed by atoms with E-state index in [0.29, 0.717) is 42.3 Å². The van der Waals surface area contributed by atoms with E-state index in [2.05, 4.69) is 0 Å². The number of nitrogens with zero attached hydrogens (tertiary/aromatic N) is 1. The van der Waals surface area contributed by atoms with Crippen LogP contribution in [-0.4, -0.2) is 34.6 Å². The van der Waals surface area contributed by atoms with Gasteiger partial charge in [0.25, 0.3) is 11.7 Å². The van der Waals surface area contributed by atoms with Crippen LogP contribution in [0.1, 0.15) is 12.0 Å². The summed E-state index contributed by atoms with van der Waals surface area (Å²) in [5.41, 5.74) is 1.58. The predicted octanol–water partition coefficient (Wildman–Crippen LogP) is 3.80. The highest BCUT2D eigenvalue weighted by Gasteiger charge is 2.55. The van der Waals surface area contributed by atoms with Crippen LogP contribution >= 0.6 is 0 Å². The van der Waals surface area contributed by atoms with E-state index in [1.54, 1.807) is 18.2 Å². The quantitative estimate of drug-likeness (QED) is 0.600. The lowest BCUT2D eigenvalue weighted by Crippen LogP contribution is -2.46. The number of benzene rings is 3. The Morgan fingerprint density at radius 3 is 2.22 bits per heavy atom. The van der Waals surface area contributed by atoms with Crippen LogP contribution in [0.3, 0.4) is 0 Å². The molecule has 0 radical (unpaired) electrons. The first-order valence-corrected chi connectivity index (χ1v) is 11.7. The summed E-state index contributed by atoms with van der Waals surface area (Å²) in [6.45, 7) is 0.673. The molecule has 3 aromatic rings. The zero-order valence-corrected chi connectivity index (χ0v) is 18.2. The molecule has 1 spiro atoms. The SMILES string of the molecule is COc1ccc(S(=O)(=O)c2ccc3c(c2)C2(OCCCO2)C(=O)N3c2ccccc2)cc1. The molecule has 5 rings (SSSR count). The smallest absolute Gasteiger partial charge is 0.297 e. The van der Waals surface area contributed by atoms with Crippen LogP contribution in [0.25, 0.3) is 0 Å². The van der Waals surface area contributed by atoms with E-state index < -0.39 is 21.5 Å². The first-order chi connectivity index (χ1) is 15.5. The van der Waals surface area contributed by atoms with Crippen molar-refractivity contribution < 1.29 is 27.4 Å². The van der Waals surface area contributed by atoms with Gasteiger partial charge in [-0.2, -0.15) is 0 Å². The van der Waals surface area contributed by atoms with Crippen molar-refractivity contribution in [2.75, 3.05) is 25.2 Å². The van der Waals surface area contributed by atoms with Crippen molar-refractivity contribution >= 4 is 27.1 Å². The molecule has 1 amide bonds. The second-order valence-electron chi connectivity index (χ2n) is 7.50. The minimum absolute atomic E-state index is 0.0567.